The molecule has 0 unspecified atom stereocenters. The van der Waals surface area contributed by atoms with Crippen LogP contribution in [0.15, 0.2) is 24.5 Å². The van der Waals surface area contributed by atoms with Crippen LogP contribution in [0.4, 0.5) is 0 Å². The summed E-state index contributed by atoms with van der Waals surface area (Å²) in [7, 11) is 2.13. The summed E-state index contributed by atoms with van der Waals surface area (Å²) in [6.07, 6.45) is 36.0. The lowest BCUT2D eigenvalue weighted by Gasteiger charge is -2.17. The van der Waals surface area contributed by atoms with E-state index < -0.39 is 0 Å². The van der Waals surface area contributed by atoms with Gasteiger partial charge in [-0.3, -0.25) is 0 Å². The van der Waals surface area contributed by atoms with Crippen LogP contribution in [0.25, 0.3) is 0 Å². The first-order valence-corrected chi connectivity index (χ1v) is 14.7. The first-order valence-electron chi connectivity index (χ1n) is 14.7. The molecule has 0 aliphatic rings. The Hall–Kier alpha value is -0.850. The Morgan fingerprint density at radius 3 is 1.16 bits per heavy atom. The second-order valence-electron chi connectivity index (χ2n) is 10.4. The standard InChI is InChI=1S/C31H58N/c1-4-6-8-10-12-14-16-18-20-22-24-30(31-26-28-32(3)29-27-31)25-23-21-19-17-15-13-11-9-7-5-2/h26-30H,4-25H2,1-3H3/q+1. The molecule has 32 heavy (non-hydrogen) atoms. The van der Waals surface area contributed by atoms with E-state index in [4.69, 9.17) is 0 Å². The van der Waals surface area contributed by atoms with Gasteiger partial charge in [0.2, 0.25) is 0 Å². The molecule has 0 bridgehead atoms. The molecule has 1 rings (SSSR count). The van der Waals surface area contributed by atoms with Crippen molar-refractivity contribution in [3.05, 3.63) is 30.1 Å². The Morgan fingerprint density at radius 1 is 0.500 bits per heavy atom. The van der Waals surface area contributed by atoms with Crippen molar-refractivity contribution >= 4 is 0 Å². The Bertz CT molecular complexity index is 468. The second-order valence-corrected chi connectivity index (χ2v) is 10.4. The zero-order valence-electron chi connectivity index (χ0n) is 22.4. The maximum absolute atomic E-state index is 2.37. The zero-order chi connectivity index (χ0) is 23.1. The molecule has 0 atom stereocenters. The number of rotatable bonds is 23. The van der Waals surface area contributed by atoms with Gasteiger partial charge in [-0.2, -0.15) is 0 Å². The van der Waals surface area contributed by atoms with Crippen molar-refractivity contribution in [2.75, 3.05) is 0 Å². The van der Waals surface area contributed by atoms with Gasteiger partial charge in [-0.25, -0.2) is 4.57 Å². The summed E-state index contributed by atoms with van der Waals surface area (Å²) in [6.45, 7) is 4.61. The largest absolute Gasteiger partial charge is 0.208 e. The van der Waals surface area contributed by atoms with Crippen molar-refractivity contribution in [2.45, 2.75) is 161 Å². The molecular weight excluding hydrogens is 386 g/mol. The lowest BCUT2D eigenvalue weighted by Crippen LogP contribution is -2.26. The Labute approximate surface area is 202 Å². The molecule has 186 valence electrons. The predicted molar refractivity (Wildman–Crippen MR) is 143 cm³/mol. The fraction of sp³-hybridized carbons (Fsp3) is 0.839. The van der Waals surface area contributed by atoms with Gasteiger partial charge in [0.1, 0.15) is 7.05 Å². The third-order valence-corrected chi connectivity index (χ3v) is 7.29. The third kappa shape index (κ3) is 16.7. The van der Waals surface area contributed by atoms with Gasteiger partial charge >= 0.3 is 0 Å². The number of aromatic nitrogens is 1. The molecule has 0 radical (unpaired) electrons. The summed E-state index contributed by atoms with van der Waals surface area (Å²) >= 11 is 0. The summed E-state index contributed by atoms with van der Waals surface area (Å²) in [5.74, 6) is 0.777. The number of hydrogen-bond acceptors (Lipinski definition) is 0. The van der Waals surface area contributed by atoms with Gasteiger partial charge in [0.15, 0.2) is 12.4 Å². The molecule has 1 nitrogen and oxygen atoms in total. The highest BCUT2D eigenvalue weighted by Gasteiger charge is 2.12. The molecule has 0 saturated heterocycles. The minimum absolute atomic E-state index is 0.777. The highest BCUT2D eigenvalue weighted by Crippen LogP contribution is 2.28. The van der Waals surface area contributed by atoms with Gasteiger partial charge in [0.25, 0.3) is 0 Å². The van der Waals surface area contributed by atoms with Crippen molar-refractivity contribution in [2.24, 2.45) is 7.05 Å². The number of unbranched alkanes of at least 4 members (excludes halogenated alkanes) is 18. The fourth-order valence-electron chi connectivity index (χ4n) is 5.02. The topological polar surface area (TPSA) is 3.88 Å². The zero-order valence-corrected chi connectivity index (χ0v) is 22.4. The summed E-state index contributed by atoms with van der Waals surface area (Å²) in [4.78, 5) is 0. The molecule has 1 aromatic heterocycles. The summed E-state index contributed by atoms with van der Waals surface area (Å²) < 4.78 is 2.17. The molecule has 0 aliphatic carbocycles. The van der Waals surface area contributed by atoms with Crippen molar-refractivity contribution in [3.8, 4) is 0 Å². The van der Waals surface area contributed by atoms with E-state index in [9.17, 15) is 0 Å². The first-order chi connectivity index (χ1) is 15.8. The van der Waals surface area contributed by atoms with Gasteiger partial charge < -0.3 is 0 Å². The number of aryl methyl sites for hydroxylation is 1. The highest BCUT2D eigenvalue weighted by atomic mass is 14.9. The Balaban J connectivity index is 2.16. The summed E-state index contributed by atoms with van der Waals surface area (Å²) in [6, 6.07) is 4.74. The van der Waals surface area contributed by atoms with E-state index in [1.807, 2.05) is 0 Å². The SMILES string of the molecule is CCCCCCCCCCCCC(CCCCCCCCCCCC)c1cc[n+](C)cc1. The monoisotopic (exact) mass is 444 g/mol. The number of nitrogens with zero attached hydrogens (tertiary/aromatic N) is 1. The van der Waals surface area contributed by atoms with Gasteiger partial charge in [0, 0.05) is 12.1 Å². The fourth-order valence-corrected chi connectivity index (χ4v) is 5.02. The van der Waals surface area contributed by atoms with Crippen LogP contribution in [0.5, 0.6) is 0 Å². The van der Waals surface area contributed by atoms with Crippen molar-refractivity contribution in [1.29, 1.82) is 0 Å². The summed E-state index contributed by atoms with van der Waals surface area (Å²) in [5, 5.41) is 0. The minimum atomic E-state index is 0.777. The van der Waals surface area contributed by atoms with Gasteiger partial charge in [-0.15, -0.1) is 0 Å². The van der Waals surface area contributed by atoms with Crippen LogP contribution in [0.1, 0.15) is 167 Å². The quantitative estimate of drug-likeness (QED) is 0.117. The van der Waals surface area contributed by atoms with Crippen molar-refractivity contribution < 1.29 is 4.57 Å². The van der Waals surface area contributed by atoms with E-state index >= 15 is 0 Å². The van der Waals surface area contributed by atoms with Crippen LogP contribution >= 0.6 is 0 Å². The van der Waals surface area contributed by atoms with Crippen LogP contribution in [0.2, 0.25) is 0 Å². The summed E-state index contributed by atoms with van der Waals surface area (Å²) in [5.41, 5.74) is 1.58. The van der Waals surface area contributed by atoms with E-state index in [1.54, 1.807) is 5.56 Å². The number of pyridine rings is 1. The van der Waals surface area contributed by atoms with Gasteiger partial charge in [-0.1, -0.05) is 142 Å². The average molecular weight is 445 g/mol. The van der Waals surface area contributed by atoms with Crippen LogP contribution in [0.3, 0.4) is 0 Å². The van der Waals surface area contributed by atoms with Crippen LogP contribution < -0.4 is 4.57 Å². The smallest absolute Gasteiger partial charge is 0.168 e. The van der Waals surface area contributed by atoms with Crippen molar-refractivity contribution in [3.63, 3.8) is 0 Å². The van der Waals surface area contributed by atoms with Crippen LogP contribution in [-0.2, 0) is 7.05 Å². The van der Waals surface area contributed by atoms with E-state index in [-0.39, 0.29) is 0 Å². The third-order valence-electron chi connectivity index (χ3n) is 7.29. The van der Waals surface area contributed by atoms with Crippen LogP contribution in [-0.4, -0.2) is 0 Å². The molecule has 0 amide bonds. The molecule has 0 saturated carbocycles. The Morgan fingerprint density at radius 2 is 0.812 bits per heavy atom. The minimum Gasteiger partial charge on any atom is -0.208 e. The van der Waals surface area contributed by atoms with Crippen LogP contribution in [0, 0.1) is 0 Å². The normalized spacial score (nSPS) is 11.5. The van der Waals surface area contributed by atoms with Gasteiger partial charge in [-0.05, 0) is 24.3 Å². The highest BCUT2D eigenvalue weighted by molar-refractivity contribution is 5.13. The van der Waals surface area contributed by atoms with E-state index in [1.165, 1.54) is 141 Å². The molecule has 1 heterocycles. The maximum atomic E-state index is 2.37. The molecular formula is C31H58N+. The molecule has 0 aliphatic heterocycles. The molecule has 0 N–H and O–H groups in total. The van der Waals surface area contributed by atoms with E-state index in [0.717, 1.165) is 5.92 Å². The number of hydrogen-bond donors (Lipinski definition) is 0. The van der Waals surface area contributed by atoms with Gasteiger partial charge in [0.05, 0.1) is 0 Å². The molecule has 1 heteroatoms. The van der Waals surface area contributed by atoms with Crippen molar-refractivity contribution in [1.82, 2.24) is 0 Å². The van der Waals surface area contributed by atoms with E-state index in [0.29, 0.717) is 0 Å². The van der Waals surface area contributed by atoms with E-state index in [2.05, 4.69) is 50.0 Å². The lowest BCUT2D eigenvalue weighted by molar-refractivity contribution is -0.671. The molecule has 0 aromatic carbocycles. The Kier molecular flexibility index (Phi) is 20.0. The lowest BCUT2D eigenvalue weighted by atomic mass is 9.88. The molecule has 0 spiro atoms. The predicted octanol–water partition coefficient (Wildman–Crippen LogP) is 10.2. The second kappa shape index (κ2) is 22.0. The molecule has 1 aromatic rings. The molecule has 0 fully saturated rings. The first kappa shape index (κ1) is 29.2. The average Bonchev–Trinajstić information content (AvgIpc) is 2.80. The maximum Gasteiger partial charge on any atom is 0.168 e.